The van der Waals surface area contributed by atoms with Crippen LogP contribution in [-0.2, 0) is 0 Å². The number of piperidine rings is 1. The molecule has 0 aromatic heterocycles. The molecule has 0 aliphatic carbocycles. The molecule has 2 saturated heterocycles. The van der Waals surface area contributed by atoms with Gasteiger partial charge in [-0.25, -0.2) is 0 Å². The number of hydrogen-bond acceptors (Lipinski definition) is 3. The molecule has 0 radical (unpaired) electrons. The van der Waals surface area contributed by atoms with Gasteiger partial charge in [0.1, 0.15) is 0 Å². The SMILES string of the molecule is CSc1ccccc1C(=O)N1CCC2CCN(C)CC21. The Kier molecular flexibility index (Phi) is 4.03. The molecule has 1 amide bonds. The van der Waals surface area contributed by atoms with E-state index in [-0.39, 0.29) is 5.91 Å². The Morgan fingerprint density at radius 2 is 2.00 bits per heavy atom. The van der Waals surface area contributed by atoms with Crippen molar-refractivity contribution in [1.82, 2.24) is 9.80 Å². The summed E-state index contributed by atoms with van der Waals surface area (Å²) >= 11 is 1.65. The second kappa shape index (κ2) is 5.78. The third kappa shape index (κ3) is 2.47. The van der Waals surface area contributed by atoms with Crippen molar-refractivity contribution < 1.29 is 4.79 Å². The number of fused-ring (bicyclic) bond motifs is 1. The van der Waals surface area contributed by atoms with Crippen molar-refractivity contribution in [3.05, 3.63) is 29.8 Å². The first-order chi connectivity index (χ1) is 9.70. The van der Waals surface area contributed by atoms with E-state index in [9.17, 15) is 4.79 Å². The number of rotatable bonds is 2. The minimum Gasteiger partial charge on any atom is -0.334 e. The van der Waals surface area contributed by atoms with Crippen LogP contribution in [0.1, 0.15) is 23.2 Å². The zero-order chi connectivity index (χ0) is 14.1. The second-order valence-corrected chi connectivity index (χ2v) is 6.71. The molecule has 2 fully saturated rings. The zero-order valence-corrected chi connectivity index (χ0v) is 13.0. The predicted molar refractivity (Wildman–Crippen MR) is 83.3 cm³/mol. The summed E-state index contributed by atoms with van der Waals surface area (Å²) in [5.74, 6) is 0.925. The fraction of sp³-hybridized carbons (Fsp3) is 0.562. The molecule has 3 rings (SSSR count). The minimum atomic E-state index is 0.220. The topological polar surface area (TPSA) is 23.6 Å². The Labute approximate surface area is 125 Å². The maximum absolute atomic E-state index is 12.9. The number of nitrogens with zero attached hydrogens (tertiary/aromatic N) is 2. The van der Waals surface area contributed by atoms with Crippen LogP contribution in [0, 0.1) is 5.92 Å². The molecular formula is C16H22N2OS. The Morgan fingerprint density at radius 3 is 2.80 bits per heavy atom. The van der Waals surface area contributed by atoms with Gasteiger partial charge in [-0.05, 0) is 50.7 Å². The zero-order valence-electron chi connectivity index (χ0n) is 12.2. The van der Waals surface area contributed by atoms with Crippen LogP contribution < -0.4 is 0 Å². The highest BCUT2D eigenvalue weighted by Crippen LogP contribution is 2.33. The Balaban J connectivity index is 1.83. The highest BCUT2D eigenvalue weighted by Gasteiger charge is 2.40. The van der Waals surface area contributed by atoms with Crippen molar-refractivity contribution in [2.24, 2.45) is 5.92 Å². The summed E-state index contributed by atoms with van der Waals surface area (Å²) in [6, 6.07) is 8.39. The van der Waals surface area contributed by atoms with E-state index in [4.69, 9.17) is 0 Å². The van der Waals surface area contributed by atoms with Gasteiger partial charge in [0.2, 0.25) is 0 Å². The number of carbonyl (C=O) groups is 1. The van der Waals surface area contributed by atoms with Crippen molar-refractivity contribution in [2.75, 3.05) is 32.9 Å². The number of benzene rings is 1. The molecule has 2 heterocycles. The van der Waals surface area contributed by atoms with Crippen LogP contribution in [-0.4, -0.2) is 54.7 Å². The molecule has 0 spiro atoms. The standard InChI is InChI=1S/C16H22N2OS/c1-17-9-7-12-8-10-18(14(12)11-17)16(19)13-5-3-4-6-15(13)20-2/h3-6,12,14H,7-11H2,1-2H3. The summed E-state index contributed by atoms with van der Waals surface area (Å²) in [6.45, 7) is 3.12. The number of likely N-dealkylation sites (N-methyl/N-ethyl adjacent to an activating group) is 1. The largest absolute Gasteiger partial charge is 0.334 e. The van der Waals surface area contributed by atoms with E-state index in [2.05, 4.69) is 16.8 Å². The van der Waals surface area contributed by atoms with Crippen molar-refractivity contribution in [3.8, 4) is 0 Å². The molecule has 4 heteroatoms. The summed E-state index contributed by atoms with van der Waals surface area (Å²) in [5.41, 5.74) is 0.869. The van der Waals surface area contributed by atoms with Gasteiger partial charge in [0.05, 0.1) is 5.56 Å². The first-order valence-electron chi connectivity index (χ1n) is 7.33. The average molecular weight is 290 g/mol. The van der Waals surface area contributed by atoms with Crippen LogP contribution in [0.25, 0.3) is 0 Å². The molecule has 0 N–H and O–H groups in total. The number of hydrogen-bond donors (Lipinski definition) is 0. The van der Waals surface area contributed by atoms with Gasteiger partial charge in [-0.15, -0.1) is 11.8 Å². The fourth-order valence-corrected chi connectivity index (χ4v) is 4.12. The monoisotopic (exact) mass is 290 g/mol. The molecule has 2 atom stereocenters. The van der Waals surface area contributed by atoms with Crippen LogP contribution in [0.4, 0.5) is 0 Å². The first-order valence-corrected chi connectivity index (χ1v) is 8.55. The molecule has 1 aromatic rings. The maximum atomic E-state index is 12.9. The second-order valence-electron chi connectivity index (χ2n) is 5.87. The molecular weight excluding hydrogens is 268 g/mol. The normalized spacial score (nSPS) is 26.6. The molecule has 0 bridgehead atoms. The molecule has 108 valence electrons. The van der Waals surface area contributed by atoms with Crippen molar-refractivity contribution in [2.45, 2.75) is 23.8 Å². The lowest BCUT2D eigenvalue weighted by molar-refractivity contribution is 0.0628. The van der Waals surface area contributed by atoms with Gasteiger partial charge >= 0.3 is 0 Å². The van der Waals surface area contributed by atoms with Gasteiger partial charge in [-0.2, -0.15) is 0 Å². The highest BCUT2D eigenvalue weighted by atomic mass is 32.2. The Bertz CT molecular complexity index is 505. The molecule has 2 aliphatic rings. The van der Waals surface area contributed by atoms with Crippen molar-refractivity contribution >= 4 is 17.7 Å². The lowest BCUT2D eigenvalue weighted by Crippen LogP contribution is -2.48. The van der Waals surface area contributed by atoms with E-state index in [0.717, 1.165) is 23.5 Å². The lowest BCUT2D eigenvalue weighted by atomic mass is 9.92. The number of thioether (sulfide) groups is 1. The third-order valence-electron chi connectivity index (χ3n) is 4.66. The maximum Gasteiger partial charge on any atom is 0.255 e. The highest BCUT2D eigenvalue weighted by molar-refractivity contribution is 7.98. The van der Waals surface area contributed by atoms with Crippen LogP contribution in [0.15, 0.2) is 29.2 Å². The molecule has 0 saturated carbocycles. The van der Waals surface area contributed by atoms with Gasteiger partial charge in [-0.1, -0.05) is 12.1 Å². The minimum absolute atomic E-state index is 0.220. The van der Waals surface area contributed by atoms with E-state index in [0.29, 0.717) is 12.0 Å². The van der Waals surface area contributed by atoms with Crippen molar-refractivity contribution in [3.63, 3.8) is 0 Å². The summed E-state index contributed by atoms with van der Waals surface area (Å²) < 4.78 is 0. The van der Waals surface area contributed by atoms with Crippen LogP contribution in [0.2, 0.25) is 0 Å². The van der Waals surface area contributed by atoms with Gasteiger partial charge in [0, 0.05) is 24.0 Å². The average Bonchev–Trinajstić information content (AvgIpc) is 2.89. The smallest absolute Gasteiger partial charge is 0.255 e. The molecule has 3 nitrogen and oxygen atoms in total. The number of amides is 1. The van der Waals surface area contributed by atoms with Crippen LogP contribution in [0.5, 0.6) is 0 Å². The lowest BCUT2D eigenvalue weighted by Gasteiger charge is -2.36. The van der Waals surface area contributed by atoms with Gasteiger partial charge in [-0.3, -0.25) is 4.79 Å². The van der Waals surface area contributed by atoms with Crippen LogP contribution in [0.3, 0.4) is 0 Å². The first kappa shape index (κ1) is 14.0. The summed E-state index contributed by atoms with van der Waals surface area (Å²) in [6.07, 6.45) is 4.44. The van der Waals surface area contributed by atoms with Gasteiger partial charge in [0.15, 0.2) is 0 Å². The molecule has 2 aliphatic heterocycles. The Morgan fingerprint density at radius 1 is 1.25 bits per heavy atom. The third-order valence-corrected chi connectivity index (χ3v) is 5.46. The summed E-state index contributed by atoms with van der Waals surface area (Å²) in [5, 5.41) is 0. The van der Waals surface area contributed by atoms with E-state index in [1.54, 1.807) is 11.8 Å². The van der Waals surface area contributed by atoms with E-state index in [1.165, 1.54) is 19.4 Å². The van der Waals surface area contributed by atoms with Gasteiger partial charge in [0.25, 0.3) is 5.91 Å². The quantitative estimate of drug-likeness (QED) is 0.782. The van der Waals surface area contributed by atoms with Gasteiger partial charge < -0.3 is 9.80 Å². The molecule has 1 aromatic carbocycles. The Hall–Kier alpha value is -1.00. The van der Waals surface area contributed by atoms with Crippen molar-refractivity contribution in [1.29, 1.82) is 0 Å². The fourth-order valence-electron chi connectivity index (χ4n) is 3.53. The van der Waals surface area contributed by atoms with E-state index in [1.807, 2.05) is 30.5 Å². The van der Waals surface area contributed by atoms with E-state index >= 15 is 0 Å². The summed E-state index contributed by atoms with van der Waals surface area (Å²) in [4.78, 5) is 18.4. The van der Waals surface area contributed by atoms with Crippen LogP contribution >= 0.6 is 11.8 Å². The summed E-state index contributed by atoms with van der Waals surface area (Å²) in [7, 11) is 2.16. The predicted octanol–water partition coefficient (Wildman–Crippen LogP) is 2.57. The molecule has 2 unspecified atom stereocenters. The number of carbonyl (C=O) groups excluding carboxylic acids is 1. The van der Waals surface area contributed by atoms with E-state index < -0.39 is 0 Å². The molecule has 20 heavy (non-hydrogen) atoms. The number of likely N-dealkylation sites (tertiary alicyclic amines) is 2.